The Bertz CT molecular complexity index is 1040. The third-order valence-corrected chi connectivity index (χ3v) is 5.36. The second-order valence-corrected chi connectivity index (χ2v) is 7.39. The minimum absolute atomic E-state index is 0.0223. The molecule has 1 saturated heterocycles. The molecule has 29 heavy (non-hydrogen) atoms. The average molecular weight is 387 g/mol. The van der Waals surface area contributed by atoms with Crippen LogP contribution in [0.4, 0.5) is 0 Å². The molecule has 2 unspecified atom stereocenters. The number of nitrogens with zero attached hydrogens (tertiary/aromatic N) is 4. The quantitative estimate of drug-likeness (QED) is 0.741. The molecule has 1 aromatic heterocycles. The van der Waals surface area contributed by atoms with Gasteiger partial charge in [0.25, 0.3) is 5.91 Å². The third-order valence-electron chi connectivity index (χ3n) is 5.36. The number of benzene rings is 2. The van der Waals surface area contributed by atoms with E-state index in [1.54, 1.807) is 11.1 Å². The Morgan fingerprint density at radius 2 is 1.90 bits per heavy atom. The largest absolute Gasteiger partial charge is 0.337 e. The molecule has 0 radical (unpaired) electrons. The van der Waals surface area contributed by atoms with Gasteiger partial charge in [-0.25, -0.2) is 5.43 Å². The van der Waals surface area contributed by atoms with Gasteiger partial charge in [-0.1, -0.05) is 65.3 Å². The van der Waals surface area contributed by atoms with E-state index in [1.807, 2.05) is 41.5 Å². The number of aryl methyl sites for hydroxylation is 1. The summed E-state index contributed by atoms with van der Waals surface area (Å²) in [6, 6.07) is 17.9. The van der Waals surface area contributed by atoms with E-state index in [1.165, 1.54) is 11.1 Å². The van der Waals surface area contributed by atoms with Gasteiger partial charge in [-0.3, -0.25) is 4.79 Å². The molecule has 1 fully saturated rings. The molecule has 1 N–H and O–H groups in total. The summed E-state index contributed by atoms with van der Waals surface area (Å²) in [5, 5.41) is 5.93. The van der Waals surface area contributed by atoms with Crippen LogP contribution in [-0.2, 0) is 11.3 Å². The summed E-state index contributed by atoms with van der Waals surface area (Å²) in [5.41, 5.74) is 6.71. The minimum atomic E-state index is -0.247. The van der Waals surface area contributed by atoms with E-state index < -0.39 is 0 Å². The fourth-order valence-electron chi connectivity index (χ4n) is 3.75. The molecular weight excluding hydrogens is 366 g/mol. The zero-order valence-corrected chi connectivity index (χ0v) is 16.0. The van der Waals surface area contributed by atoms with E-state index in [0.29, 0.717) is 18.1 Å². The van der Waals surface area contributed by atoms with Crippen LogP contribution >= 0.6 is 0 Å². The van der Waals surface area contributed by atoms with Gasteiger partial charge in [0.2, 0.25) is 11.7 Å². The number of carbonyl (C=O) groups is 1. The van der Waals surface area contributed by atoms with Crippen molar-refractivity contribution >= 4 is 5.91 Å². The van der Waals surface area contributed by atoms with Crippen LogP contribution in [0.15, 0.2) is 71.5 Å². The van der Waals surface area contributed by atoms with Crippen molar-refractivity contribution in [3.8, 4) is 11.4 Å². The smallest absolute Gasteiger partial charge is 0.251 e. The van der Waals surface area contributed by atoms with Crippen molar-refractivity contribution < 1.29 is 9.32 Å². The normalized spacial score (nSPS) is 20.9. The lowest BCUT2D eigenvalue weighted by Gasteiger charge is -2.30. The summed E-state index contributed by atoms with van der Waals surface area (Å²) in [6.45, 7) is 2.33. The van der Waals surface area contributed by atoms with Crippen LogP contribution in [0.2, 0.25) is 0 Å². The first kappa shape index (κ1) is 17.6. The predicted octanol–water partition coefficient (Wildman–Crippen LogP) is 3.18. The average Bonchev–Trinajstić information content (AvgIpc) is 3.39. The van der Waals surface area contributed by atoms with Gasteiger partial charge < -0.3 is 14.4 Å². The van der Waals surface area contributed by atoms with E-state index in [0.717, 1.165) is 5.56 Å². The lowest BCUT2D eigenvalue weighted by atomic mass is 10.00. The number of carbonyl (C=O) groups excluding carboxylic acids is 1. The number of aromatic nitrogens is 2. The third kappa shape index (κ3) is 3.40. The van der Waals surface area contributed by atoms with E-state index in [-0.39, 0.29) is 24.5 Å². The maximum absolute atomic E-state index is 13.0. The Balaban J connectivity index is 1.28. The number of fused-ring (bicyclic) bond motifs is 1. The maximum Gasteiger partial charge on any atom is 0.251 e. The van der Waals surface area contributed by atoms with Gasteiger partial charge >= 0.3 is 0 Å². The van der Waals surface area contributed by atoms with Crippen molar-refractivity contribution in [2.75, 3.05) is 0 Å². The molecule has 5 rings (SSSR count). The number of nitrogens with one attached hydrogen (secondary N) is 1. The molecule has 0 aliphatic carbocycles. The van der Waals surface area contributed by atoms with Crippen molar-refractivity contribution in [2.24, 2.45) is 0 Å². The molecule has 2 atom stereocenters. The standard InChI is InChI=1S/C22H21N5O2/c1-15-7-9-16(10-8-15)18-13-19-22(28)26(11-12-27(19)24-18)14-20-23-21(25-29-20)17-5-3-2-4-6-17/h2-12,18-19,24H,13-14H2,1H3. The summed E-state index contributed by atoms with van der Waals surface area (Å²) >= 11 is 0. The van der Waals surface area contributed by atoms with Gasteiger partial charge in [0.1, 0.15) is 12.6 Å². The molecule has 146 valence electrons. The minimum Gasteiger partial charge on any atom is -0.337 e. The van der Waals surface area contributed by atoms with Crippen molar-refractivity contribution in [1.29, 1.82) is 0 Å². The first-order valence-electron chi connectivity index (χ1n) is 9.65. The summed E-state index contributed by atoms with van der Waals surface area (Å²) < 4.78 is 5.36. The zero-order valence-electron chi connectivity index (χ0n) is 16.0. The van der Waals surface area contributed by atoms with Crippen LogP contribution in [0, 0.1) is 6.92 Å². The van der Waals surface area contributed by atoms with Gasteiger partial charge in [-0.2, -0.15) is 4.98 Å². The fourth-order valence-corrected chi connectivity index (χ4v) is 3.75. The monoisotopic (exact) mass is 387 g/mol. The number of hydrazine groups is 1. The van der Waals surface area contributed by atoms with Crippen LogP contribution in [0.1, 0.15) is 29.5 Å². The van der Waals surface area contributed by atoms with E-state index in [4.69, 9.17) is 4.52 Å². The summed E-state index contributed by atoms with van der Waals surface area (Å²) in [7, 11) is 0. The summed E-state index contributed by atoms with van der Waals surface area (Å²) in [4.78, 5) is 19.1. The Hall–Kier alpha value is -3.45. The van der Waals surface area contributed by atoms with Gasteiger partial charge in [-0.05, 0) is 18.9 Å². The van der Waals surface area contributed by atoms with E-state index >= 15 is 0 Å². The first-order chi connectivity index (χ1) is 14.2. The SMILES string of the molecule is Cc1ccc(C2CC3C(=O)N(Cc4nc(-c5ccccc5)no4)C=CN3N2)cc1. The molecular formula is C22H21N5O2. The lowest BCUT2D eigenvalue weighted by molar-refractivity contribution is -0.135. The fraction of sp³-hybridized carbons (Fsp3) is 0.227. The molecule has 1 amide bonds. The number of amides is 1. The van der Waals surface area contributed by atoms with Gasteiger partial charge in [0.15, 0.2) is 0 Å². The Labute approximate surface area is 168 Å². The van der Waals surface area contributed by atoms with Crippen molar-refractivity contribution in [3.05, 3.63) is 84.0 Å². The molecule has 0 spiro atoms. The predicted molar refractivity (Wildman–Crippen MR) is 107 cm³/mol. The van der Waals surface area contributed by atoms with Crippen molar-refractivity contribution in [3.63, 3.8) is 0 Å². The topological polar surface area (TPSA) is 74.5 Å². The second kappa shape index (κ2) is 7.18. The highest BCUT2D eigenvalue weighted by atomic mass is 16.5. The number of rotatable bonds is 4. The van der Waals surface area contributed by atoms with Crippen molar-refractivity contribution in [1.82, 2.24) is 25.5 Å². The van der Waals surface area contributed by atoms with Gasteiger partial charge in [-0.15, -0.1) is 0 Å². The van der Waals surface area contributed by atoms with Crippen LogP contribution in [0.25, 0.3) is 11.4 Å². The summed E-state index contributed by atoms with van der Waals surface area (Å²) in [5.74, 6) is 0.961. The zero-order chi connectivity index (χ0) is 19.8. The second-order valence-electron chi connectivity index (χ2n) is 7.39. The Morgan fingerprint density at radius 1 is 1.10 bits per heavy atom. The van der Waals surface area contributed by atoms with E-state index in [9.17, 15) is 4.79 Å². The molecule has 0 saturated carbocycles. The van der Waals surface area contributed by atoms with Gasteiger partial charge in [0, 0.05) is 18.0 Å². The molecule has 2 aliphatic rings. The van der Waals surface area contributed by atoms with Crippen LogP contribution < -0.4 is 5.43 Å². The molecule has 7 heteroatoms. The number of hydrogen-bond acceptors (Lipinski definition) is 6. The van der Waals surface area contributed by atoms with Gasteiger partial charge in [0.05, 0.1) is 6.04 Å². The first-order valence-corrected chi connectivity index (χ1v) is 9.65. The molecule has 3 heterocycles. The number of hydrogen-bond donors (Lipinski definition) is 1. The van der Waals surface area contributed by atoms with E-state index in [2.05, 4.69) is 46.8 Å². The lowest BCUT2D eigenvalue weighted by Crippen LogP contribution is -2.47. The highest BCUT2D eigenvalue weighted by molar-refractivity contribution is 5.84. The Morgan fingerprint density at radius 3 is 2.69 bits per heavy atom. The molecule has 2 aromatic carbocycles. The summed E-state index contributed by atoms with van der Waals surface area (Å²) in [6.07, 6.45) is 4.37. The Kier molecular flexibility index (Phi) is 4.37. The maximum atomic E-state index is 13.0. The van der Waals surface area contributed by atoms with Crippen molar-refractivity contribution in [2.45, 2.75) is 32.0 Å². The molecule has 7 nitrogen and oxygen atoms in total. The highest BCUT2D eigenvalue weighted by Crippen LogP contribution is 2.31. The molecule has 2 aliphatic heterocycles. The molecule has 0 bridgehead atoms. The van der Waals surface area contributed by atoms with Crippen LogP contribution in [0.3, 0.4) is 0 Å². The van der Waals surface area contributed by atoms with Crippen LogP contribution in [0.5, 0.6) is 0 Å². The highest BCUT2D eigenvalue weighted by Gasteiger charge is 2.40. The van der Waals surface area contributed by atoms with Crippen LogP contribution in [-0.4, -0.2) is 32.0 Å². The molecule has 3 aromatic rings.